The fraction of sp³-hybridized carbons (Fsp3) is 0.524. The second kappa shape index (κ2) is 10.8. The predicted molar refractivity (Wildman–Crippen MR) is 119 cm³/mol. The van der Waals surface area contributed by atoms with Crippen molar-refractivity contribution in [1.29, 1.82) is 0 Å². The lowest BCUT2D eigenvalue weighted by atomic mass is 9.86. The van der Waals surface area contributed by atoms with E-state index in [1.165, 1.54) is 31.0 Å². The number of carbonyl (C=O) groups excluding carboxylic acids is 2. The molecule has 1 heterocycles. The maximum Gasteiger partial charge on any atom is 0.251 e. The van der Waals surface area contributed by atoms with Gasteiger partial charge in [0.05, 0.1) is 5.75 Å². The van der Waals surface area contributed by atoms with Crippen LogP contribution in [0, 0.1) is 5.92 Å². The topological polar surface area (TPSA) is 88.9 Å². The molecule has 0 bridgehead atoms. The van der Waals surface area contributed by atoms with Crippen LogP contribution in [-0.2, 0) is 18.3 Å². The molecule has 1 aliphatic carbocycles. The van der Waals surface area contributed by atoms with E-state index in [2.05, 4.69) is 27.8 Å². The van der Waals surface area contributed by atoms with E-state index in [-0.39, 0.29) is 17.9 Å². The lowest BCUT2D eigenvalue weighted by molar-refractivity contribution is -0.119. The van der Waals surface area contributed by atoms with Crippen molar-refractivity contribution in [2.24, 2.45) is 13.0 Å². The van der Waals surface area contributed by atoms with Crippen molar-refractivity contribution in [3.63, 3.8) is 0 Å². The summed E-state index contributed by atoms with van der Waals surface area (Å²) in [7, 11) is 1.87. The molecular formula is C21H28ClN5O2S. The van der Waals surface area contributed by atoms with Crippen LogP contribution in [0.1, 0.15) is 48.8 Å². The van der Waals surface area contributed by atoms with E-state index in [4.69, 9.17) is 11.6 Å². The minimum Gasteiger partial charge on any atom is -0.352 e. The molecule has 0 unspecified atom stereocenters. The van der Waals surface area contributed by atoms with Crippen LogP contribution in [0.4, 0.5) is 0 Å². The zero-order chi connectivity index (χ0) is 21.5. The summed E-state index contributed by atoms with van der Waals surface area (Å²) in [4.78, 5) is 24.5. The van der Waals surface area contributed by atoms with Gasteiger partial charge in [-0.15, -0.1) is 10.2 Å². The number of amides is 2. The average Bonchev–Trinajstić information content (AvgIpc) is 3.08. The number of carbonyl (C=O) groups is 2. The molecule has 0 aliphatic heterocycles. The molecule has 30 heavy (non-hydrogen) atoms. The maximum absolute atomic E-state index is 12.3. The van der Waals surface area contributed by atoms with Crippen molar-refractivity contribution in [3.05, 3.63) is 40.7 Å². The van der Waals surface area contributed by atoms with Crippen LogP contribution in [0.3, 0.4) is 0 Å². The number of nitrogens with zero attached hydrogens (tertiary/aromatic N) is 3. The average molecular weight is 450 g/mol. The van der Waals surface area contributed by atoms with Crippen molar-refractivity contribution in [2.45, 2.75) is 50.2 Å². The van der Waals surface area contributed by atoms with Crippen LogP contribution in [-0.4, -0.2) is 44.9 Å². The Balaban J connectivity index is 1.43. The summed E-state index contributed by atoms with van der Waals surface area (Å²) >= 11 is 7.23. The SMILES string of the molecule is C[C@H]1CCCC[C@H]1NC(=O)CSc1nnc(CCNC(=O)c2ccc(Cl)cc2)n1C. The molecule has 1 aromatic carbocycles. The summed E-state index contributed by atoms with van der Waals surface area (Å²) in [5.74, 6) is 1.51. The largest absolute Gasteiger partial charge is 0.352 e. The standard InChI is InChI=1S/C21H28ClN5O2S/c1-14-5-3-4-6-17(14)24-19(28)13-30-21-26-25-18(27(21)2)11-12-23-20(29)15-7-9-16(22)10-8-15/h7-10,14,17H,3-6,11-13H2,1-2H3,(H,23,29)(H,24,28)/t14-,17+/m0/s1. The van der Waals surface area contributed by atoms with E-state index < -0.39 is 0 Å². The first-order valence-corrected chi connectivity index (χ1v) is 11.6. The molecule has 3 rings (SSSR count). The molecule has 2 atom stereocenters. The molecule has 2 aromatic rings. The van der Waals surface area contributed by atoms with Gasteiger partial charge in [0.2, 0.25) is 5.91 Å². The van der Waals surface area contributed by atoms with E-state index in [0.29, 0.717) is 40.4 Å². The number of thioether (sulfide) groups is 1. The molecule has 0 saturated heterocycles. The van der Waals surface area contributed by atoms with Crippen LogP contribution in [0.15, 0.2) is 29.4 Å². The highest BCUT2D eigenvalue weighted by Gasteiger charge is 2.23. The molecule has 0 radical (unpaired) electrons. The van der Waals surface area contributed by atoms with Crippen LogP contribution in [0.25, 0.3) is 0 Å². The van der Waals surface area contributed by atoms with Gasteiger partial charge in [-0.2, -0.15) is 0 Å². The van der Waals surface area contributed by atoms with E-state index in [9.17, 15) is 9.59 Å². The highest BCUT2D eigenvalue weighted by molar-refractivity contribution is 7.99. The van der Waals surface area contributed by atoms with E-state index in [0.717, 1.165) is 12.2 Å². The zero-order valence-corrected chi connectivity index (χ0v) is 18.9. The predicted octanol–water partition coefficient (Wildman–Crippen LogP) is 3.23. The van der Waals surface area contributed by atoms with Crippen molar-refractivity contribution >= 4 is 35.2 Å². The number of hydrogen-bond acceptors (Lipinski definition) is 5. The fourth-order valence-electron chi connectivity index (χ4n) is 3.59. The third-order valence-corrected chi connectivity index (χ3v) is 6.73. The first kappa shape index (κ1) is 22.6. The smallest absolute Gasteiger partial charge is 0.251 e. The fourth-order valence-corrected chi connectivity index (χ4v) is 4.46. The molecule has 9 heteroatoms. The summed E-state index contributed by atoms with van der Waals surface area (Å²) < 4.78 is 1.87. The molecule has 1 saturated carbocycles. The highest BCUT2D eigenvalue weighted by Crippen LogP contribution is 2.24. The molecule has 2 N–H and O–H groups in total. The monoisotopic (exact) mass is 449 g/mol. The summed E-state index contributed by atoms with van der Waals surface area (Å²) in [5.41, 5.74) is 0.562. The lowest BCUT2D eigenvalue weighted by Gasteiger charge is -2.29. The Labute approximate surface area is 186 Å². The first-order valence-electron chi connectivity index (χ1n) is 10.3. The number of aromatic nitrogens is 3. The second-order valence-corrected chi connectivity index (χ2v) is 9.07. The zero-order valence-electron chi connectivity index (χ0n) is 17.4. The van der Waals surface area contributed by atoms with Crippen LogP contribution < -0.4 is 10.6 Å². The number of benzene rings is 1. The summed E-state index contributed by atoms with van der Waals surface area (Å²) in [6.45, 7) is 2.65. The molecule has 1 aromatic heterocycles. The van der Waals surface area contributed by atoms with Gasteiger partial charge in [-0.1, -0.05) is 43.1 Å². The van der Waals surface area contributed by atoms with Crippen molar-refractivity contribution in [3.8, 4) is 0 Å². The van der Waals surface area contributed by atoms with Crippen LogP contribution in [0.2, 0.25) is 5.02 Å². The van der Waals surface area contributed by atoms with Crippen molar-refractivity contribution in [2.75, 3.05) is 12.3 Å². The Morgan fingerprint density at radius 3 is 2.67 bits per heavy atom. The van der Waals surface area contributed by atoms with Gasteiger partial charge in [0.25, 0.3) is 5.91 Å². The van der Waals surface area contributed by atoms with E-state index >= 15 is 0 Å². The first-order chi connectivity index (χ1) is 14.4. The number of hydrogen-bond donors (Lipinski definition) is 2. The van der Waals surface area contributed by atoms with Gasteiger partial charge in [-0.3, -0.25) is 9.59 Å². The molecular weight excluding hydrogens is 422 g/mol. The van der Waals surface area contributed by atoms with Gasteiger partial charge in [0.15, 0.2) is 5.16 Å². The van der Waals surface area contributed by atoms with E-state index in [1.807, 2.05) is 11.6 Å². The normalized spacial score (nSPS) is 18.8. The quantitative estimate of drug-likeness (QED) is 0.604. The minimum absolute atomic E-state index is 0.0403. The van der Waals surface area contributed by atoms with Gasteiger partial charge in [-0.25, -0.2) is 0 Å². The molecule has 2 amide bonds. The lowest BCUT2D eigenvalue weighted by Crippen LogP contribution is -2.41. The van der Waals surface area contributed by atoms with Gasteiger partial charge in [-0.05, 0) is 43.0 Å². The van der Waals surface area contributed by atoms with Gasteiger partial charge in [0, 0.05) is 36.6 Å². The number of rotatable bonds is 8. The van der Waals surface area contributed by atoms with Crippen LogP contribution >= 0.6 is 23.4 Å². The molecule has 1 fully saturated rings. The van der Waals surface area contributed by atoms with Crippen LogP contribution in [0.5, 0.6) is 0 Å². The highest BCUT2D eigenvalue weighted by atomic mass is 35.5. The summed E-state index contributed by atoms with van der Waals surface area (Å²) in [5, 5.41) is 15.7. The third-order valence-electron chi connectivity index (χ3n) is 5.46. The minimum atomic E-state index is -0.156. The summed E-state index contributed by atoms with van der Waals surface area (Å²) in [6.07, 6.45) is 5.23. The Morgan fingerprint density at radius 2 is 1.93 bits per heavy atom. The molecule has 1 aliphatic rings. The van der Waals surface area contributed by atoms with Gasteiger partial charge < -0.3 is 15.2 Å². The Morgan fingerprint density at radius 1 is 1.20 bits per heavy atom. The second-order valence-electron chi connectivity index (χ2n) is 7.70. The third kappa shape index (κ3) is 6.22. The van der Waals surface area contributed by atoms with Gasteiger partial charge in [0.1, 0.15) is 5.82 Å². The number of halogens is 1. The van der Waals surface area contributed by atoms with Gasteiger partial charge >= 0.3 is 0 Å². The van der Waals surface area contributed by atoms with Crippen molar-refractivity contribution in [1.82, 2.24) is 25.4 Å². The maximum atomic E-state index is 12.3. The van der Waals surface area contributed by atoms with Crippen molar-refractivity contribution < 1.29 is 9.59 Å². The Hall–Kier alpha value is -2.06. The molecule has 7 nitrogen and oxygen atoms in total. The van der Waals surface area contributed by atoms with E-state index in [1.54, 1.807) is 24.3 Å². The Kier molecular flexibility index (Phi) is 8.16. The molecule has 162 valence electrons. The summed E-state index contributed by atoms with van der Waals surface area (Å²) in [6, 6.07) is 7.04. The Bertz CT molecular complexity index is 871. The molecule has 0 spiro atoms. The number of nitrogens with one attached hydrogen (secondary N) is 2.